The van der Waals surface area contributed by atoms with Crippen molar-refractivity contribution in [1.29, 1.82) is 0 Å². The highest BCUT2D eigenvalue weighted by molar-refractivity contribution is 7.93. The number of ether oxygens (including phenoxy) is 3. The Balaban J connectivity index is 1.61. The van der Waals surface area contributed by atoms with Crippen molar-refractivity contribution in [3.8, 4) is 23.0 Å². The molecule has 0 spiro atoms. The molecule has 12 nitrogen and oxygen atoms in total. The molecule has 1 amide bonds. The topological polar surface area (TPSA) is 168 Å². The SMILES string of the molecule is COc1ncc(-c2ccc3c(Nc4cc(NS(=O)(=O)C(F)(F)F)cc(C5CCOC5)c4)c(C(N)=O)cnc3c2)c(OC)n1. The van der Waals surface area contributed by atoms with Crippen LogP contribution in [0.25, 0.3) is 22.0 Å². The fourth-order valence-electron chi connectivity index (χ4n) is 4.66. The summed E-state index contributed by atoms with van der Waals surface area (Å²) in [6.07, 6.45) is 3.37. The number of nitrogens with one attached hydrogen (secondary N) is 2. The first-order chi connectivity index (χ1) is 20.4. The van der Waals surface area contributed by atoms with E-state index in [1.165, 1.54) is 38.7 Å². The number of hydrogen-bond acceptors (Lipinski definition) is 10. The largest absolute Gasteiger partial charge is 0.516 e. The van der Waals surface area contributed by atoms with Gasteiger partial charge in [-0.1, -0.05) is 12.1 Å². The van der Waals surface area contributed by atoms with Gasteiger partial charge in [0.15, 0.2) is 0 Å². The Morgan fingerprint density at radius 3 is 2.49 bits per heavy atom. The molecule has 5 rings (SSSR count). The van der Waals surface area contributed by atoms with Gasteiger partial charge in [0, 0.05) is 36.0 Å². The summed E-state index contributed by atoms with van der Waals surface area (Å²) in [5, 5.41) is 3.50. The van der Waals surface area contributed by atoms with E-state index in [9.17, 15) is 26.4 Å². The first-order valence-corrected chi connectivity index (χ1v) is 14.2. The molecular weight excluding hydrogens is 593 g/mol. The summed E-state index contributed by atoms with van der Waals surface area (Å²) in [5.41, 5.74) is 2.33. The van der Waals surface area contributed by atoms with Crippen molar-refractivity contribution in [1.82, 2.24) is 15.0 Å². The van der Waals surface area contributed by atoms with Crippen molar-refractivity contribution in [2.24, 2.45) is 5.73 Å². The second-order valence-corrected chi connectivity index (χ2v) is 11.2. The minimum atomic E-state index is -5.70. The fourth-order valence-corrected chi connectivity index (χ4v) is 5.20. The maximum atomic E-state index is 13.2. The van der Waals surface area contributed by atoms with Crippen LogP contribution in [0.4, 0.5) is 30.2 Å². The number of sulfonamides is 1. The molecule has 1 aliphatic rings. The molecule has 1 fully saturated rings. The quantitative estimate of drug-likeness (QED) is 0.246. The third kappa shape index (κ3) is 6.10. The second-order valence-electron chi connectivity index (χ2n) is 9.50. The molecule has 4 N–H and O–H groups in total. The number of benzene rings is 2. The summed E-state index contributed by atoms with van der Waals surface area (Å²) in [4.78, 5) is 25.1. The van der Waals surface area contributed by atoms with E-state index >= 15 is 0 Å². The Labute approximate surface area is 243 Å². The van der Waals surface area contributed by atoms with Crippen LogP contribution in [-0.2, 0) is 14.8 Å². The normalized spacial score (nSPS) is 15.3. The zero-order chi connectivity index (χ0) is 30.9. The number of amides is 1. The first kappa shape index (κ1) is 29.8. The molecule has 2 aromatic carbocycles. The number of hydrogen-bond donors (Lipinski definition) is 3. The van der Waals surface area contributed by atoms with Gasteiger partial charge >= 0.3 is 21.5 Å². The van der Waals surface area contributed by atoms with E-state index in [1.807, 2.05) is 0 Å². The van der Waals surface area contributed by atoms with E-state index in [4.69, 9.17) is 19.9 Å². The lowest BCUT2D eigenvalue weighted by Gasteiger charge is -2.18. The van der Waals surface area contributed by atoms with Crippen LogP contribution in [0.3, 0.4) is 0 Å². The third-order valence-electron chi connectivity index (χ3n) is 6.74. The number of carbonyl (C=O) groups excluding carboxylic acids is 1. The number of carbonyl (C=O) groups is 1. The number of nitrogens with two attached hydrogens (primary N) is 1. The highest BCUT2D eigenvalue weighted by Crippen LogP contribution is 2.37. The second kappa shape index (κ2) is 11.5. The number of pyridine rings is 1. The van der Waals surface area contributed by atoms with Gasteiger partial charge in [0.2, 0.25) is 5.88 Å². The van der Waals surface area contributed by atoms with E-state index in [0.29, 0.717) is 47.2 Å². The molecule has 4 aromatic rings. The molecule has 16 heteroatoms. The van der Waals surface area contributed by atoms with Crippen molar-refractivity contribution in [3.63, 3.8) is 0 Å². The van der Waals surface area contributed by atoms with Gasteiger partial charge in [-0.15, -0.1) is 0 Å². The van der Waals surface area contributed by atoms with Crippen LogP contribution in [0.5, 0.6) is 11.9 Å². The summed E-state index contributed by atoms with van der Waals surface area (Å²) in [6.45, 7) is 0.750. The van der Waals surface area contributed by atoms with Gasteiger partial charge in [0.1, 0.15) is 0 Å². The number of fused-ring (bicyclic) bond motifs is 1. The highest BCUT2D eigenvalue weighted by atomic mass is 32.2. The molecule has 2 aromatic heterocycles. The van der Waals surface area contributed by atoms with Crippen molar-refractivity contribution in [2.45, 2.75) is 17.8 Å². The molecule has 43 heavy (non-hydrogen) atoms. The number of anilines is 3. The minimum Gasteiger partial charge on any atom is -0.480 e. The van der Waals surface area contributed by atoms with Crippen LogP contribution in [0, 0.1) is 0 Å². The van der Waals surface area contributed by atoms with Crippen molar-refractivity contribution in [3.05, 3.63) is 59.9 Å². The molecule has 1 unspecified atom stereocenters. The number of aromatic nitrogens is 3. The van der Waals surface area contributed by atoms with Gasteiger partial charge in [-0.05, 0) is 41.8 Å². The Morgan fingerprint density at radius 2 is 1.84 bits per heavy atom. The number of nitrogens with zero attached hydrogens (tertiary/aromatic N) is 3. The van der Waals surface area contributed by atoms with Crippen LogP contribution in [0.15, 0.2) is 48.8 Å². The minimum absolute atomic E-state index is 0.00219. The number of rotatable bonds is 9. The summed E-state index contributed by atoms with van der Waals surface area (Å²) in [5.74, 6) is -0.755. The Hall–Kier alpha value is -4.70. The molecule has 0 radical (unpaired) electrons. The maximum absolute atomic E-state index is 13.2. The zero-order valence-electron chi connectivity index (χ0n) is 22.7. The van der Waals surface area contributed by atoms with Crippen LogP contribution in [0.1, 0.15) is 28.3 Å². The van der Waals surface area contributed by atoms with Gasteiger partial charge in [-0.2, -0.15) is 26.6 Å². The average Bonchev–Trinajstić information content (AvgIpc) is 3.51. The molecule has 0 aliphatic carbocycles. The van der Waals surface area contributed by atoms with Crippen molar-refractivity contribution < 1.29 is 40.6 Å². The zero-order valence-corrected chi connectivity index (χ0v) is 23.5. The van der Waals surface area contributed by atoms with Gasteiger partial charge < -0.3 is 25.3 Å². The lowest BCUT2D eigenvalue weighted by molar-refractivity contribution is -0.0429. The molecular formula is C27H25F3N6O6S. The van der Waals surface area contributed by atoms with Crippen molar-refractivity contribution in [2.75, 3.05) is 37.5 Å². The van der Waals surface area contributed by atoms with Crippen molar-refractivity contribution >= 4 is 43.9 Å². The fraction of sp³-hybridized carbons (Fsp3) is 0.259. The molecule has 1 atom stereocenters. The third-order valence-corrected chi connectivity index (χ3v) is 7.85. The Bertz CT molecular complexity index is 1810. The lowest BCUT2D eigenvalue weighted by Crippen LogP contribution is -2.30. The molecule has 226 valence electrons. The van der Waals surface area contributed by atoms with E-state index in [2.05, 4.69) is 20.3 Å². The number of halogens is 3. The Morgan fingerprint density at radius 1 is 1.07 bits per heavy atom. The summed E-state index contributed by atoms with van der Waals surface area (Å²) in [7, 11) is -2.83. The highest BCUT2D eigenvalue weighted by Gasteiger charge is 2.46. The monoisotopic (exact) mass is 618 g/mol. The van der Waals surface area contributed by atoms with Gasteiger partial charge in [0.05, 0.1) is 48.8 Å². The summed E-state index contributed by atoms with van der Waals surface area (Å²) in [6, 6.07) is 9.35. The van der Waals surface area contributed by atoms with Gasteiger partial charge in [-0.25, -0.2) is 4.98 Å². The molecule has 0 bridgehead atoms. The molecule has 0 saturated carbocycles. The molecule has 1 aliphatic heterocycles. The Kier molecular flexibility index (Phi) is 7.98. The average molecular weight is 619 g/mol. The van der Waals surface area contributed by atoms with Gasteiger partial charge in [-0.3, -0.25) is 14.5 Å². The van der Waals surface area contributed by atoms with E-state index in [-0.39, 0.29) is 40.4 Å². The van der Waals surface area contributed by atoms with E-state index < -0.39 is 21.4 Å². The van der Waals surface area contributed by atoms with E-state index in [0.717, 1.165) is 0 Å². The standard InChI is InChI=1S/C27H25F3N6O6S/c1-40-25-20(11-33-26(35-25)41-2)14-3-4-19-22(9-14)32-12-21(24(31)37)23(19)34-17-7-16(15-5-6-42-13-15)8-18(10-17)36-43(38,39)27(28,29)30/h3-4,7-12,15,36H,5-6,13H2,1-2H3,(H2,31,37)(H,32,34). The first-order valence-electron chi connectivity index (χ1n) is 12.7. The predicted molar refractivity (Wildman–Crippen MR) is 151 cm³/mol. The van der Waals surface area contributed by atoms with E-state index in [1.54, 1.807) is 29.0 Å². The molecule has 1 saturated heterocycles. The van der Waals surface area contributed by atoms with Crippen LogP contribution < -0.4 is 25.2 Å². The predicted octanol–water partition coefficient (Wildman–Crippen LogP) is 4.32. The maximum Gasteiger partial charge on any atom is 0.516 e. The molecule has 3 heterocycles. The van der Waals surface area contributed by atoms with Crippen LogP contribution in [0.2, 0.25) is 0 Å². The smallest absolute Gasteiger partial charge is 0.480 e. The number of alkyl halides is 3. The summed E-state index contributed by atoms with van der Waals surface area (Å²) >= 11 is 0. The van der Waals surface area contributed by atoms with Crippen LogP contribution in [-0.4, -0.2) is 62.2 Å². The summed E-state index contributed by atoms with van der Waals surface area (Å²) < 4.78 is 80.7. The van der Waals surface area contributed by atoms with Gasteiger partial charge in [0.25, 0.3) is 5.91 Å². The lowest BCUT2D eigenvalue weighted by atomic mass is 9.97. The number of methoxy groups -OCH3 is 2. The number of primary amides is 1. The van der Waals surface area contributed by atoms with Crippen LogP contribution >= 0.6 is 0 Å².